The average molecular weight is 264 g/mol. The Kier molecular flexibility index (Phi) is 2.64. The van der Waals surface area contributed by atoms with E-state index in [-0.39, 0.29) is 0 Å². The number of anilines is 1. The summed E-state index contributed by atoms with van der Waals surface area (Å²) in [6, 6.07) is 3.67. The molecule has 0 aromatic carbocycles. The van der Waals surface area contributed by atoms with Gasteiger partial charge in [0.05, 0.1) is 12.5 Å². The molecule has 3 aromatic rings. The first-order valence-electron chi connectivity index (χ1n) is 5.32. The number of aromatic nitrogens is 4. The lowest BCUT2D eigenvalue weighted by molar-refractivity contribution is 0.563. The zero-order valence-corrected chi connectivity index (χ0v) is 10.4. The summed E-state index contributed by atoms with van der Waals surface area (Å²) < 4.78 is 6.69. The van der Waals surface area contributed by atoms with Gasteiger partial charge in [0.1, 0.15) is 17.3 Å². The number of furan rings is 1. The largest absolute Gasteiger partial charge is 0.472 e. The van der Waals surface area contributed by atoms with E-state index in [1.165, 1.54) is 6.33 Å². The summed E-state index contributed by atoms with van der Waals surface area (Å²) in [5.74, 6) is 1.31. The van der Waals surface area contributed by atoms with Gasteiger partial charge < -0.3 is 9.32 Å². The molecule has 3 rings (SSSR count). The van der Waals surface area contributed by atoms with Crippen LogP contribution in [0.1, 0.15) is 5.56 Å². The Balaban J connectivity index is 2.00. The molecule has 0 aliphatic rings. The number of halogens is 1. The predicted molar refractivity (Wildman–Crippen MR) is 66.6 cm³/mol. The number of fused-ring (bicyclic) bond motifs is 1. The Hall–Kier alpha value is -2.08. The van der Waals surface area contributed by atoms with Gasteiger partial charge in [0, 0.05) is 25.2 Å². The van der Waals surface area contributed by atoms with Crippen molar-refractivity contribution in [2.45, 2.75) is 6.54 Å². The van der Waals surface area contributed by atoms with Crippen LogP contribution in [0.15, 0.2) is 35.4 Å². The summed E-state index contributed by atoms with van der Waals surface area (Å²) in [6.07, 6.45) is 4.81. The summed E-state index contributed by atoms with van der Waals surface area (Å²) in [7, 11) is 1.94. The lowest BCUT2D eigenvalue weighted by atomic mass is 10.3. The molecule has 0 amide bonds. The molecule has 0 aliphatic heterocycles. The van der Waals surface area contributed by atoms with Crippen LogP contribution in [0.2, 0.25) is 5.15 Å². The number of rotatable bonds is 3. The fraction of sp³-hybridized carbons (Fsp3) is 0.182. The summed E-state index contributed by atoms with van der Waals surface area (Å²) in [5.41, 5.74) is 1.07. The molecule has 0 saturated carbocycles. The summed E-state index contributed by atoms with van der Waals surface area (Å²) in [5, 5.41) is 4.52. The third-order valence-corrected chi connectivity index (χ3v) is 2.79. The van der Waals surface area contributed by atoms with Crippen molar-refractivity contribution >= 4 is 23.2 Å². The molecule has 6 nitrogen and oxygen atoms in total. The van der Waals surface area contributed by atoms with E-state index < -0.39 is 0 Å². The molecule has 0 fully saturated rings. The molecule has 7 heteroatoms. The predicted octanol–water partition coefficient (Wildman–Crippen LogP) is 2.01. The standard InChI is InChI=1S/C11H10ClN5O/c1-16(5-8-2-3-18-6-8)10-4-9(12)15-11-13-7-14-17(10)11/h2-4,6-7H,5H2,1H3. The molecule has 0 unspecified atom stereocenters. The fourth-order valence-electron chi connectivity index (χ4n) is 1.78. The summed E-state index contributed by atoms with van der Waals surface area (Å²) in [6.45, 7) is 0.686. The molecule has 0 saturated heterocycles. The van der Waals surface area contributed by atoms with Crippen molar-refractivity contribution < 1.29 is 4.42 Å². The average Bonchev–Trinajstić information content (AvgIpc) is 2.97. The van der Waals surface area contributed by atoms with Crippen LogP contribution < -0.4 is 4.90 Å². The van der Waals surface area contributed by atoms with E-state index in [1.54, 1.807) is 23.1 Å². The molecule has 3 aromatic heterocycles. The van der Waals surface area contributed by atoms with E-state index in [4.69, 9.17) is 16.0 Å². The third-order valence-electron chi connectivity index (χ3n) is 2.59. The second-order valence-electron chi connectivity index (χ2n) is 3.90. The van der Waals surface area contributed by atoms with Gasteiger partial charge in [-0.3, -0.25) is 0 Å². The highest BCUT2D eigenvalue weighted by atomic mass is 35.5. The van der Waals surface area contributed by atoms with Crippen LogP contribution in [0.5, 0.6) is 0 Å². The Morgan fingerprint density at radius 2 is 2.39 bits per heavy atom. The van der Waals surface area contributed by atoms with Crippen molar-refractivity contribution in [3.8, 4) is 0 Å². The first kappa shape index (κ1) is 11.0. The van der Waals surface area contributed by atoms with E-state index in [0.29, 0.717) is 17.5 Å². The monoisotopic (exact) mass is 263 g/mol. The van der Waals surface area contributed by atoms with E-state index >= 15 is 0 Å². The molecular formula is C11H10ClN5O. The van der Waals surface area contributed by atoms with Crippen molar-refractivity contribution in [1.29, 1.82) is 0 Å². The van der Waals surface area contributed by atoms with E-state index in [9.17, 15) is 0 Å². The highest BCUT2D eigenvalue weighted by molar-refractivity contribution is 6.29. The van der Waals surface area contributed by atoms with Crippen LogP contribution in [0, 0.1) is 0 Å². The SMILES string of the molecule is CN(Cc1ccoc1)c1cc(Cl)nc2ncnn12. The zero-order chi connectivity index (χ0) is 12.5. The van der Waals surface area contributed by atoms with E-state index in [2.05, 4.69) is 15.1 Å². The maximum Gasteiger partial charge on any atom is 0.255 e. The Bertz CT molecular complexity index is 663. The van der Waals surface area contributed by atoms with Crippen molar-refractivity contribution in [2.24, 2.45) is 0 Å². The molecule has 0 bridgehead atoms. The van der Waals surface area contributed by atoms with Crippen molar-refractivity contribution in [1.82, 2.24) is 19.6 Å². The van der Waals surface area contributed by atoms with Crippen molar-refractivity contribution in [3.63, 3.8) is 0 Å². The lowest BCUT2D eigenvalue weighted by Gasteiger charge is -2.18. The van der Waals surface area contributed by atoms with Crippen LogP contribution in [-0.2, 0) is 6.54 Å². The molecule has 92 valence electrons. The van der Waals surface area contributed by atoms with Gasteiger partial charge in [-0.25, -0.2) is 0 Å². The van der Waals surface area contributed by atoms with Gasteiger partial charge in [-0.2, -0.15) is 19.6 Å². The normalized spacial score (nSPS) is 11.0. The summed E-state index contributed by atoms with van der Waals surface area (Å²) >= 11 is 5.97. The maximum atomic E-state index is 5.97. The fourth-order valence-corrected chi connectivity index (χ4v) is 1.95. The number of hydrogen-bond acceptors (Lipinski definition) is 5. The van der Waals surface area contributed by atoms with E-state index in [1.807, 2.05) is 18.0 Å². The van der Waals surface area contributed by atoms with Gasteiger partial charge >= 0.3 is 0 Å². The number of hydrogen-bond donors (Lipinski definition) is 0. The molecular weight excluding hydrogens is 254 g/mol. The molecule has 0 radical (unpaired) electrons. The second-order valence-corrected chi connectivity index (χ2v) is 4.28. The Labute approximate surface area is 108 Å². The van der Waals surface area contributed by atoms with Crippen molar-refractivity contribution in [3.05, 3.63) is 41.7 Å². The highest BCUT2D eigenvalue weighted by Gasteiger charge is 2.11. The molecule has 0 N–H and O–H groups in total. The van der Waals surface area contributed by atoms with E-state index in [0.717, 1.165) is 11.4 Å². The van der Waals surface area contributed by atoms with Crippen LogP contribution in [0.25, 0.3) is 5.78 Å². The quantitative estimate of drug-likeness (QED) is 0.677. The zero-order valence-electron chi connectivity index (χ0n) is 9.62. The minimum Gasteiger partial charge on any atom is -0.472 e. The van der Waals surface area contributed by atoms with Gasteiger partial charge in [0.15, 0.2) is 0 Å². The molecule has 0 spiro atoms. The maximum absolute atomic E-state index is 5.97. The van der Waals surface area contributed by atoms with Crippen LogP contribution in [0.4, 0.5) is 5.82 Å². The smallest absolute Gasteiger partial charge is 0.255 e. The Morgan fingerprint density at radius 1 is 1.50 bits per heavy atom. The molecule has 0 atom stereocenters. The van der Waals surface area contributed by atoms with Crippen molar-refractivity contribution in [2.75, 3.05) is 11.9 Å². The topological polar surface area (TPSA) is 59.5 Å². The molecule has 18 heavy (non-hydrogen) atoms. The van der Waals surface area contributed by atoms with Crippen LogP contribution >= 0.6 is 11.6 Å². The minimum absolute atomic E-state index is 0.393. The van der Waals surface area contributed by atoms with Gasteiger partial charge in [0.25, 0.3) is 5.78 Å². The minimum atomic E-state index is 0.393. The lowest BCUT2D eigenvalue weighted by Crippen LogP contribution is -2.19. The highest BCUT2D eigenvalue weighted by Crippen LogP contribution is 2.19. The molecule has 0 aliphatic carbocycles. The second kappa shape index (κ2) is 4.30. The summed E-state index contributed by atoms with van der Waals surface area (Å²) in [4.78, 5) is 10.1. The Morgan fingerprint density at radius 3 is 3.17 bits per heavy atom. The third kappa shape index (κ3) is 1.91. The van der Waals surface area contributed by atoms with Crippen LogP contribution in [-0.4, -0.2) is 26.6 Å². The van der Waals surface area contributed by atoms with Gasteiger partial charge in [-0.15, -0.1) is 0 Å². The molecule has 3 heterocycles. The van der Waals surface area contributed by atoms with Gasteiger partial charge in [0.2, 0.25) is 0 Å². The van der Waals surface area contributed by atoms with Crippen LogP contribution in [0.3, 0.4) is 0 Å². The first-order valence-corrected chi connectivity index (χ1v) is 5.70. The van der Waals surface area contributed by atoms with Gasteiger partial charge in [-0.05, 0) is 6.07 Å². The number of nitrogens with zero attached hydrogens (tertiary/aromatic N) is 5. The first-order chi connectivity index (χ1) is 8.74. The van der Waals surface area contributed by atoms with Gasteiger partial charge in [-0.1, -0.05) is 11.6 Å².